The number of nitro groups is 1. The molecule has 82 valence electrons. The van der Waals surface area contributed by atoms with Crippen molar-refractivity contribution in [1.82, 2.24) is 0 Å². The largest absolute Gasteiger partial charge is 0.496 e. The lowest BCUT2D eigenvalue weighted by atomic mass is 10.2. The fraction of sp³-hybridized carbons (Fsp3) is 0.333. The van der Waals surface area contributed by atoms with E-state index in [1.165, 1.54) is 20.3 Å². The Morgan fingerprint density at radius 3 is 2.47 bits per heavy atom. The lowest BCUT2D eigenvalue weighted by Gasteiger charge is -2.08. The van der Waals surface area contributed by atoms with Crippen LogP contribution in [0, 0.1) is 10.1 Å². The van der Waals surface area contributed by atoms with Gasteiger partial charge in [-0.3, -0.25) is 10.1 Å². The Morgan fingerprint density at radius 1 is 1.40 bits per heavy atom. The number of methoxy groups -OCH3 is 2. The van der Waals surface area contributed by atoms with E-state index < -0.39 is 4.92 Å². The van der Waals surface area contributed by atoms with E-state index in [0.29, 0.717) is 11.3 Å². The summed E-state index contributed by atoms with van der Waals surface area (Å²) >= 11 is 5.66. The highest BCUT2D eigenvalue weighted by Crippen LogP contribution is 2.35. The molecule has 0 radical (unpaired) electrons. The second kappa shape index (κ2) is 4.84. The first-order valence-corrected chi connectivity index (χ1v) is 4.62. The summed E-state index contributed by atoms with van der Waals surface area (Å²) in [6.07, 6.45) is 0. The fourth-order valence-electron chi connectivity index (χ4n) is 1.23. The standard InChI is InChI=1S/C9H10ClNO4/c1-14-7-3-6(5-10)9(15-2)8(4-7)11(12)13/h3-4H,5H2,1-2H3. The van der Waals surface area contributed by atoms with Crippen LogP contribution in [0.2, 0.25) is 0 Å². The number of benzene rings is 1. The number of alkyl halides is 1. The van der Waals surface area contributed by atoms with Gasteiger partial charge in [-0.15, -0.1) is 11.6 Å². The molecule has 1 rings (SSSR count). The lowest BCUT2D eigenvalue weighted by Crippen LogP contribution is -1.98. The molecule has 0 aliphatic heterocycles. The van der Waals surface area contributed by atoms with Gasteiger partial charge in [-0.25, -0.2) is 0 Å². The zero-order valence-corrected chi connectivity index (χ0v) is 9.08. The Balaban J connectivity index is 3.39. The molecule has 0 heterocycles. The summed E-state index contributed by atoms with van der Waals surface area (Å²) in [5.41, 5.74) is 0.387. The van der Waals surface area contributed by atoms with Gasteiger partial charge in [-0.05, 0) is 6.07 Å². The average Bonchev–Trinajstić information content (AvgIpc) is 2.26. The predicted molar refractivity (Wildman–Crippen MR) is 55.8 cm³/mol. The smallest absolute Gasteiger partial charge is 0.314 e. The number of hydrogen-bond donors (Lipinski definition) is 0. The van der Waals surface area contributed by atoms with Crippen LogP contribution in [0.25, 0.3) is 0 Å². The second-order valence-electron chi connectivity index (χ2n) is 2.73. The quantitative estimate of drug-likeness (QED) is 0.453. The van der Waals surface area contributed by atoms with Crippen LogP contribution in [-0.4, -0.2) is 19.1 Å². The van der Waals surface area contributed by atoms with Crippen molar-refractivity contribution < 1.29 is 14.4 Å². The summed E-state index contributed by atoms with van der Waals surface area (Å²) in [5, 5.41) is 10.7. The van der Waals surface area contributed by atoms with Crippen LogP contribution in [0.3, 0.4) is 0 Å². The summed E-state index contributed by atoms with van der Waals surface area (Å²) in [6.45, 7) is 0. The minimum absolute atomic E-state index is 0.126. The zero-order chi connectivity index (χ0) is 11.4. The van der Waals surface area contributed by atoms with E-state index in [1.54, 1.807) is 6.07 Å². The third-order valence-electron chi connectivity index (χ3n) is 1.90. The number of nitro benzene ring substituents is 1. The molecule has 6 heteroatoms. The van der Waals surface area contributed by atoms with Crippen molar-refractivity contribution in [2.24, 2.45) is 0 Å². The maximum Gasteiger partial charge on any atom is 0.314 e. The van der Waals surface area contributed by atoms with Gasteiger partial charge in [0.2, 0.25) is 5.75 Å². The molecule has 0 spiro atoms. The van der Waals surface area contributed by atoms with Crippen molar-refractivity contribution in [1.29, 1.82) is 0 Å². The molecule has 0 bridgehead atoms. The molecule has 0 N–H and O–H groups in total. The molecule has 0 aliphatic rings. The molecule has 0 fully saturated rings. The zero-order valence-electron chi connectivity index (χ0n) is 8.32. The van der Waals surface area contributed by atoms with Gasteiger partial charge in [0.1, 0.15) is 5.75 Å². The number of nitrogens with zero attached hydrogens (tertiary/aromatic N) is 1. The first kappa shape index (κ1) is 11.6. The van der Waals surface area contributed by atoms with Gasteiger partial charge in [-0.1, -0.05) is 0 Å². The van der Waals surface area contributed by atoms with Crippen LogP contribution in [0.1, 0.15) is 5.56 Å². The Morgan fingerprint density at radius 2 is 2.07 bits per heavy atom. The first-order valence-electron chi connectivity index (χ1n) is 4.09. The van der Waals surface area contributed by atoms with Crippen molar-refractivity contribution in [3.8, 4) is 11.5 Å². The van der Waals surface area contributed by atoms with Crippen molar-refractivity contribution in [2.45, 2.75) is 5.88 Å². The van der Waals surface area contributed by atoms with Crippen molar-refractivity contribution in [3.63, 3.8) is 0 Å². The van der Waals surface area contributed by atoms with E-state index in [0.717, 1.165) is 0 Å². The molecule has 0 unspecified atom stereocenters. The van der Waals surface area contributed by atoms with Gasteiger partial charge in [0, 0.05) is 5.56 Å². The Bertz CT molecular complexity index is 381. The number of hydrogen-bond acceptors (Lipinski definition) is 4. The van der Waals surface area contributed by atoms with Gasteiger partial charge in [0.05, 0.1) is 31.1 Å². The summed E-state index contributed by atoms with van der Waals surface area (Å²) in [5.74, 6) is 0.690. The van der Waals surface area contributed by atoms with Crippen LogP contribution in [0.4, 0.5) is 5.69 Å². The molecule has 15 heavy (non-hydrogen) atoms. The monoisotopic (exact) mass is 231 g/mol. The summed E-state index contributed by atoms with van der Waals surface area (Å²) in [4.78, 5) is 10.2. The van der Waals surface area contributed by atoms with Crippen LogP contribution in [-0.2, 0) is 5.88 Å². The van der Waals surface area contributed by atoms with Crippen LogP contribution in [0.5, 0.6) is 11.5 Å². The highest BCUT2D eigenvalue weighted by molar-refractivity contribution is 6.17. The second-order valence-corrected chi connectivity index (χ2v) is 3.00. The van der Waals surface area contributed by atoms with Crippen molar-refractivity contribution >= 4 is 17.3 Å². The molecular formula is C9H10ClNO4. The average molecular weight is 232 g/mol. The normalized spacial score (nSPS) is 9.80. The number of ether oxygens (including phenoxy) is 2. The molecule has 0 aliphatic carbocycles. The van der Waals surface area contributed by atoms with E-state index in [1.807, 2.05) is 0 Å². The summed E-state index contributed by atoms with van der Waals surface area (Å²) in [6, 6.07) is 2.91. The molecule has 0 saturated heterocycles. The van der Waals surface area contributed by atoms with Gasteiger partial charge in [-0.2, -0.15) is 0 Å². The summed E-state index contributed by atoms with van der Waals surface area (Å²) < 4.78 is 9.87. The maximum absolute atomic E-state index is 10.7. The van der Waals surface area contributed by atoms with Gasteiger partial charge in [0.25, 0.3) is 0 Å². The highest BCUT2D eigenvalue weighted by atomic mass is 35.5. The SMILES string of the molecule is COc1cc(CCl)c(OC)c([N+](=O)[O-])c1. The Kier molecular flexibility index (Phi) is 3.74. The third kappa shape index (κ3) is 2.30. The van der Waals surface area contributed by atoms with Gasteiger partial charge in [0.15, 0.2) is 0 Å². The third-order valence-corrected chi connectivity index (χ3v) is 2.19. The highest BCUT2D eigenvalue weighted by Gasteiger charge is 2.20. The van der Waals surface area contributed by atoms with Crippen LogP contribution in [0.15, 0.2) is 12.1 Å². The van der Waals surface area contributed by atoms with E-state index in [4.69, 9.17) is 21.1 Å². The maximum atomic E-state index is 10.7. The minimum Gasteiger partial charge on any atom is -0.496 e. The fourth-order valence-corrected chi connectivity index (χ4v) is 1.43. The van der Waals surface area contributed by atoms with Crippen molar-refractivity contribution in [2.75, 3.05) is 14.2 Å². The minimum atomic E-state index is -0.530. The number of halogens is 1. The van der Waals surface area contributed by atoms with E-state index in [2.05, 4.69) is 0 Å². The molecule has 5 nitrogen and oxygen atoms in total. The van der Waals surface area contributed by atoms with E-state index in [-0.39, 0.29) is 17.3 Å². The molecule has 0 aromatic heterocycles. The van der Waals surface area contributed by atoms with E-state index >= 15 is 0 Å². The lowest BCUT2D eigenvalue weighted by molar-refractivity contribution is -0.385. The topological polar surface area (TPSA) is 61.6 Å². The predicted octanol–water partition coefficient (Wildman–Crippen LogP) is 2.35. The molecule has 0 saturated carbocycles. The molecule has 1 aromatic rings. The first-order chi connectivity index (χ1) is 7.13. The molecule has 0 atom stereocenters. The van der Waals surface area contributed by atoms with Crippen molar-refractivity contribution in [3.05, 3.63) is 27.8 Å². The van der Waals surface area contributed by atoms with Gasteiger partial charge >= 0.3 is 5.69 Å². The Labute approximate surface area is 91.7 Å². The van der Waals surface area contributed by atoms with E-state index in [9.17, 15) is 10.1 Å². The molecule has 0 amide bonds. The van der Waals surface area contributed by atoms with Crippen LogP contribution >= 0.6 is 11.6 Å². The van der Waals surface area contributed by atoms with Gasteiger partial charge < -0.3 is 9.47 Å². The Hall–Kier alpha value is -1.49. The molecular weight excluding hydrogens is 222 g/mol. The molecule has 1 aromatic carbocycles. The number of rotatable bonds is 4. The van der Waals surface area contributed by atoms with Crippen LogP contribution < -0.4 is 9.47 Å². The summed E-state index contributed by atoms with van der Waals surface area (Å²) in [7, 11) is 2.80.